The topological polar surface area (TPSA) is 29.1 Å². The quantitative estimate of drug-likeness (QED) is 0.689. The zero-order valence-electron chi connectivity index (χ0n) is 9.31. The zero-order chi connectivity index (χ0) is 10.4. The Morgan fingerprint density at radius 2 is 1.93 bits per heavy atom. The first-order valence-corrected chi connectivity index (χ1v) is 5.61. The molecule has 2 heteroatoms. The Hall–Kier alpha value is -0.790. The number of carbonyl (C=O) groups excluding carboxylic acids is 1. The number of hydrogen-bond donors (Lipinski definition) is 1. The normalized spacial score (nSPS) is 17.6. The maximum atomic E-state index is 11.3. The largest absolute Gasteiger partial charge is 0.352 e. The lowest BCUT2D eigenvalue weighted by Crippen LogP contribution is -2.28. The van der Waals surface area contributed by atoms with E-state index in [1.165, 1.54) is 32.1 Å². The number of amides is 1. The summed E-state index contributed by atoms with van der Waals surface area (Å²) in [7, 11) is 0. The van der Waals surface area contributed by atoms with Crippen molar-refractivity contribution in [3.8, 4) is 0 Å². The van der Waals surface area contributed by atoms with Crippen molar-refractivity contribution in [3.05, 3.63) is 11.6 Å². The SMILES string of the molecule is CC(C)=CC(=O)NCC1CCCCC1. The van der Waals surface area contributed by atoms with Crippen molar-refractivity contribution in [3.63, 3.8) is 0 Å². The number of rotatable bonds is 3. The molecule has 14 heavy (non-hydrogen) atoms. The molecular weight excluding hydrogens is 174 g/mol. The third-order valence-electron chi connectivity index (χ3n) is 2.71. The minimum atomic E-state index is 0.0653. The summed E-state index contributed by atoms with van der Waals surface area (Å²) < 4.78 is 0. The Bertz CT molecular complexity index is 210. The van der Waals surface area contributed by atoms with Crippen molar-refractivity contribution in [1.29, 1.82) is 0 Å². The maximum absolute atomic E-state index is 11.3. The van der Waals surface area contributed by atoms with E-state index < -0.39 is 0 Å². The van der Waals surface area contributed by atoms with Gasteiger partial charge in [-0.2, -0.15) is 0 Å². The number of carbonyl (C=O) groups is 1. The first kappa shape index (κ1) is 11.3. The van der Waals surface area contributed by atoms with E-state index in [0.717, 1.165) is 18.0 Å². The fourth-order valence-electron chi connectivity index (χ4n) is 1.95. The van der Waals surface area contributed by atoms with Gasteiger partial charge >= 0.3 is 0 Å². The average Bonchev–Trinajstić information content (AvgIpc) is 2.15. The second-order valence-electron chi connectivity index (χ2n) is 4.47. The third-order valence-corrected chi connectivity index (χ3v) is 2.71. The van der Waals surface area contributed by atoms with Gasteiger partial charge in [0.05, 0.1) is 0 Å². The smallest absolute Gasteiger partial charge is 0.243 e. The van der Waals surface area contributed by atoms with Gasteiger partial charge in [0.1, 0.15) is 0 Å². The van der Waals surface area contributed by atoms with Crippen LogP contribution in [0, 0.1) is 5.92 Å². The summed E-state index contributed by atoms with van der Waals surface area (Å²) in [6.45, 7) is 4.75. The summed E-state index contributed by atoms with van der Waals surface area (Å²) in [5.74, 6) is 0.786. The summed E-state index contributed by atoms with van der Waals surface area (Å²) in [6.07, 6.45) is 8.29. The van der Waals surface area contributed by atoms with E-state index in [9.17, 15) is 4.79 Å². The van der Waals surface area contributed by atoms with Crippen LogP contribution in [-0.4, -0.2) is 12.5 Å². The van der Waals surface area contributed by atoms with Crippen LogP contribution in [0.25, 0.3) is 0 Å². The minimum Gasteiger partial charge on any atom is -0.352 e. The molecule has 1 aliphatic carbocycles. The van der Waals surface area contributed by atoms with E-state index in [1.807, 2.05) is 13.8 Å². The van der Waals surface area contributed by atoms with Gasteiger partial charge in [0.2, 0.25) is 5.91 Å². The van der Waals surface area contributed by atoms with E-state index in [-0.39, 0.29) is 5.91 Å². The molecule has 1 fully saturated rings. The second-order valence-corrected chi connectivity index (χ2v) is 4.47. The number of hydrogen-bond acceptors (Lipinski definition) is 1. The summed E-state index contributed by atoms with van der Waals surface area (Å²) in [4.78, 5) is 11.3. The van der Waals surface area contributed by atoms with Gasteiger partial charge in [0.25, 0.3) is 0 Å². The molecule has 0 aromatic heterocycles. The molecule has 1 N–H and O–H groups in total. The predicted molar refractivity (Wildman–Crippen MR) is 59.0 cm³/mol. The van der Waals surface area contributed by atoms with Gasteiger partial charge in [-0.1, -0.05) is 24.8 Å². The van der Waals surface area contributed by atoms with Crippen LogP contribution in [0.1, 0.15) is 46.0 Å². The molecule has 1 rings (SSSR count). The molecule has 1 aliphatic rings. The van der Waals surface area contributed by atoms with E-state index in [1.54, 1.807) is 6.08 Å². The van der Waals surface area contributed by atoms with Crippen LogP contribution < -0.4 is 5.32 Å². The molecule has 0 bridgehead atoms. The lowest BCUT2D eigenvalue weighted by atomic mass is 9.89. The van der Waals surface area contributed by atoms with Crippen LogP contribution >= 0.6 is 0 Å². The number of nitrogens with one attached hydrogen (secondary N) is 1. The van der Waals surface area contributed by atoms with Crippen LogP contribution in [0.4, 0.5) is 0 Å². The minimum absolute atomic E-state index is 0.0653. The summed E-state index contributed by atoms with van der Waals surface area (Å²) in [5, 5.41) is 2.97. The molecule has 80 valence electrons. The van der Waals surface area contributed by atoms with Crippen molar-refractivity contribution < 1.29 is 4.79 Å². The predicted octanol–water partition coefficient (Wildman–Crippen LogP) is 2.65. The average molecular weight is 195 g/mol. The molecule has 0 aliphatic heterocycles. The highest BCUT2D eigenvalue weighted by molar-refractivity contribution is 5.87. The molecular formula is C12H21NO. The van der Waals surface area contributed by atoms with Gasteiger partial charge < -0.3 is 5.32 Å². The maximum Gasteiger partial charge on any atom is 0.243 e. The highest BCUT2D eigenvalue weighted by Crippen LogP contribution is 2.22. The molecule has 1 amide bonds. The van der Waals surface area contributed by atoms with Gasteiger partial charge in [0.15, 0.2) is 0 Å². The molecule has 0 aromatic carbocycles. The first-order valence-electron chi connectivity index (χ1n) is 5.61. The highest BCUT2D eigenvalue weighted by Gasteiger charge is 2.13. The first-order chi connectivity index (χ1) is 6.68. The van der Waals surface area contributed by atoms with E-state index in [2.05, 4.69) is 5.32 Å². The second kappa shape index (κ2) is 5.84. The van der Waals surface area contributed by atoms with Crippen LogP contribution in [0.3, 0.4) is 0 Å². The fourth-order valence-corrected chi connectivity index (χ4v) is 1.95. The van der Waals surface area contributed by atoms with E-state index in [0.29, 0.717) is 0 Å². The molecule has 0 spiro atoms. The van der Waals surface area contributed by atoms with Gasteiger partial charge in [-0.15, -0.1) is 0 Å². The Kier molecular flexibility index (Phi) is 4.71. The van der Waals surface area contributed by atoms with Crippen molar-refractivity contribution >= 4 is 5.91 Å². The molecule has 0 aromatic rings. The third kappa shape index (κ3) is 4.45. The molecule has 0 radical (unpaired) electrons. The molecule has 0 atom stereocenters. The van der Waals surface area contributed by atoms with Crippen LogP contribution in [-0.2, 0) is 4.79 Å². The molecule has 1 saturated carbocycles. The van der Waals surface area contributed by atoms with Crippen molar-refractivity contribution in [2.45, 2.75) is 46.0 Å². The van der Waals surface area contributed by atoms with E-state index >= 15 is 0 Å². The zero-order valence-corrected chi connectivity index (χ0v) is 9.31. The lowest BCUT2D eigenvalue weighted by Gasteiger charge is -2.21. The fraction of sp³-hybridized carbons (Fsp3) is 0.750. The monoisotopic (exact) mass is 195 g/mol. The standard InChI is InChI=1S/C12H21NO/c1-10(2)8-12(14)13-9-11-6-4-3-5-7-11/h8,11H,3-7,9H2,1-2H3,(H,13,14). The van der Waals surface area contributed by atoms with Gasteiger partial charge in [0, 0.05) is 12.6 Å². The number of allylic oxidation sites excluding steroid dienone is 1. The Balaban J connectivity index is 2.19. The molecule has 0 unspecified atom stereocenters. The molecule has 2 nitrogen and oxygen atoms in total. The van der Waals surface area contributed by atoms with Crippen LogP contribution in [0.5, 0.6) is 0 Å². The van der Waals surface area contributed by atoms with Crippen molar-refractivity contribution in [2.75, 3.05) is 6.54 Å². The lowest BCUT2D eigenvalue weighted by molar-refractivity contribution is -0.116. The van der Waals surface area contributed by atoms with Crippen LogP contribution in [0.2, 0.25) is 0 Å². The summed E-state index contributed by atoms with van der Waals surface area (Å²) in [6, 6.07) is 0. The Morgan fingerprint density at radius 3 is 2.50 bits per heavy atom. The molecule has 0 heterocycles. The Morgan fingerprint density at radius 1 is 1.29 bits per heavy atom. The van der Waals surface area contributed by atoms with Crippen LogP contribution in [0.15, 0.2) is 11.6 Å². The van der Waals surface area contributed by atoms with Gasteiger partial charge in [-0.25, -0.2) is 0 Å². The highest BCUT2D eigenvalue weighted by atomic mass is 16.1. The van der Waals surface area contributed by atoms with Crippen molar-refractivity contribution in [1.82, 2.24) is 5.32 Å². The summed E-state index contributed by atoms with van der Waals surface area (Å²) in [5.41, 5.74) is 1.06. The van der Waals surface area contributed by atoms with Gasteiger partial charge in [-0.3, -0.25) is 4.79 Å². The van der Waals surface area contributed by atoms with E-state index in [4.69, 9.17) is 0 Å². The summed E-state index contributed by atoms with van der Waals surface area (Å²) >= 11 is 0. The molecule has 0 saturated heterocycles. The van der Waals surface area contributed by atoms with Crippen molar-refractivity contribution in [2.24, 2.45) is 5.92 Å². The van der Waals surface area contributed by atoms with Gasteiger partial charge in [-0.05, 0) is 32.6 Å². The Labute approximate surface area is 86.8 Å².